The largest absolute Gasteiger partial charge is 0.360 e. The molecule has 1 aromatic carbocycles. The van der Waals surface area contributed by atoms with E-state index in [-0.39, 0.29) is 12.3 Å². The zero-order valence-corrected chi connectivity index (χ0v) is 19.7. The third-order valence-electron chi connectivity index (χ3n) is 4.54. The average molecular weight is 564 g/mol. The van der Waals surface area contributed by atoms with Gasteiger partial charge in [0.2, 0.25) is 0 Å². The quantitative estimate of drug-likeness (QED) is 0.273. The number of nitrogens with zero attached hydrogens (tertiary/aromatic N) is 3. The van der Waals surface area contributed by atoms with Crippen molar-refractivity contribution in [3.8, 4) is 0 Å². The molecule has 0 unspecified atom stereocenters. The Kier molecular flexibility index (Phi) is 6.98. The first-order valence-electron chi connectivity index (χ1n) is 8.87. The average Bonchev–Trinajstić information content (AvgIpc) is 3.37. The van der Waals surface area contributed by atoms with Crippen LogP contribution in [0.25, 0.3) is 21.8 Å². The van der Waals surface area contributed by atoms with E-state index in [0.29, 0.717) is 5.52 Å². The van der Waals surface area contributed by atoms with Crippen molar-refractivity contribution in [3.63, 3.8) is 0 Å². The molecule has 5 aromatic rings. The molecule has 0 radical (unpaired) electrons. The SMILES string of the molecule is Brc1cncc2[nH]ccc12.C.Cc1ccc(S(=O)(=O)n2ccc3c(Br)cncc32)cc1. The van der Waals surface area contributed by atoms with Gasteiger partial charge in [0.25, 0.3) is 10.0 Å². The maximum absolute atomic E-state index is 12.7. The molecule has 0 aliphatic rings. The van der Waals surface area contributed by atoms with Gasteiger partial charge in [0.05, 0.1) is 28.3 Å². The van der Waals surface area contributed by atoms with Crippen molar-refractivity contribution in [2.45, 2.75) is 19.2 Å². The molecule has 5 rings (SSSR count). The molecule has 0 spiro atoms. The van der Waals surface area contributed by atoms with E-state index in [4.69, 9.17) is 0 Å². The van der Waals surface area contributed by atoms with E-state index < -0.39 is 10.0 Å². The Bertz CT molecular complexity index is 1440. The molecule has 160 valence electrons. The smallest absolute Gasteiger partial charge is 0.268 e. The lowest BCUT2D eigenvalue weighted by atomic mass is 10.2. The molecule has 0 aliphatic carbocycles. The molecule has 4 aromatic heterocycles. The monoisotopic (exact) mass is 562 g/mol. The second-order valence-electron chi connectivity index (χ2n) is 6.54. The Balaban J connectivity index is 0.000000208. The predicted octanol–water partition coefficient (Wildman–Crippen LogP) is 6.31. The van der Waals surface area contributed by atoms with Crippen LogP contribution >= 0.6 is 31.9 Å². The molecular formula is C22H20Br2N4O2S. The molecule has 0 aliphatic heterocycles. The highest BCUT2D eigenvalue weighted by molar-refractivity contribution is 9.11. The fraction of sp³-hybridized carbons (Fsp3) is 0.0909. The van der Waals surface area contributed by atoms with Crippen molar-refractivity contribution in [2.75, 3.05) is 0 Å². The molecule has 0 saturated carbocycles. The van der Waals surface area contributed by atoms with Gasteiger partial charge in [-0.3, -0.25) is 9.97 Å². The number of hydrogen-bond donors (Lipinski definition) is 1. The van der Waals surface area contributed by atoms with Gasteiger partial charge in [-0.1, -0.05) is 25.1 Å². The van der Waals surface area contributed by atoms with Crippen LogP contribution in [0.1, 0.15) is 13.0 Å². The Hall–Kier alpha value is -2.49. The number of pyridine rings is 2. The maximum Gasteiger partial charge on any atom is 0.268 e. The third kappa shape index (κ3) is 4.58. The molecule has 31 heavy (non-hydrogen) atoms. The number of halogens is 2. The lowest BCUT2D eigenvalue weighted by molar-refractivity contribution is 0.589. The number of fused-ring (bicyclic) bond motifs is 2. The van der Waals surface area contributed by atoms with Crippen molar-refractivity contribution in [3.05, 3.63) is 88.1 Å². The van der Waals surface area contributed by atoms with Gasteiger partial charge in [0.1, 0.15) is 0 Å². The van der Waals surface area contributed by atoms with E-state index in [9.17, 15) is 8.42 Å². The van der Waals surface area contributed by atoms with Crippen LogP contribution in [0.4, 0.5) is 0 Å². The first-order chi connectivity index (χ1) is 14.4. The highest BCUT2D eigenvalue weighted by atomic mass is 79.9. The van der Waals surface area contributed by atoms with Gasteiger partial charge in [-0.2, -0.15) is 0 Å². The summed E-state index contributed by atoms with van der Waals surface area (Å²) >= 11 is 6.77. The normalized spacial score (nSPS) is 11.1. The van der Waals surface area contributed by atoms with Crippen LogP contribution in [0, 0.1) is 6.92 Å². The third-order valence-corrected chi connectivity index (χ3v) is 7.51. The number of rotatable bonds is 2. The van der Waals surface area contributed by atoms with Crippen LogP contribution in [0.3, 0.4) is 0 Å². The topological polar surface area (TPSA) is 80.6 Å². The first kappa shape index (κ1) is 23.2. The van der Waals surface area contributed by atoms with Gasteiger partial charge >= 0.3 is 0 Å². The Morgan fingerprint density at radius 2 is 1.52 bits per heavy atom. The number of H-pyrrole nitrogens is 1. The Morgan fingerprint density at radius 3 is 2.19 bits per heavy atom. The van der Waals surface area contributed by atoms with Gasteiger partial charge in [-0.15, -0.1) is 0 Å². The molecular weight excluding hydrogens is 544 g/mol. The van der Waals surface area contributed by atoms with Crippen molar-refractivity contribution in [1.82, 2.24) is 18.9 Å². The molecule has 0 atom stereocenters. The van der Waals surface area contributed by atoms with Crippen molar-refractivity contribution >= 4 is 63.7 Å². The summed E-state index contributed by atoms with van der Waals surface area (Å²) < 4.78 is 28.4. The predicted molar refractivity (Wildman–Crippen MR) is 132 cm³/mol. The highest BCUT2D eigenvalue weighted by Gasteiger charge is 2.19. The second kappa shape index (κ2) is 9.33. The van der Waals surface area contributed by atoms with Crippen molar-refractivity contribution in [1.29, 1.82) is 0 Å². The lowest BCUT2D eigenvalue weighted by Gasteiger charge is -2.07. The zero-order valence-electron chi connectivity index (χ0n) is 15.8. The number of nitrogens with one attached hydrogen (secondary N) is 1. The van der Waals surface area contributed by atoms with E-state index in [1.165, 1.54) is 9.36 Å². The summed E-state index contributed by atoms with van der Waals surface area (Å²) in [6.45, 7) is 1.92. The number of aromatic nitrogens is 4. The van der Waals surface area contributed by atoms with Crippen LogP contribution < -0.4 is 0 Å². The number of benzene rings is 1. The van der Waals surface area contributed by atoms with Gasteiger partial charge in [0, 0.05) is 44.5 Å². The van der Waals surface area contributed by atoms with Crippen LogP contribution in [-0.4, -0.2) is 27.3 Å². The lowest BCUT2D eigenvalue weighted by Crippen LogP contribution is -2.11. The molecule has 9 heteroatoms. The minimum Gasteiger partial charge on any atom is -0.360 e. The van der Waals surface area contributed by atoms with Gasteiger partial charge < -0.3 is 4.98 Å². The molecule has 4 heterocycles. The summed E-state index contributed by atoms with van der Waals surface area (Å²) in [4.78, 5) is 11.4. The number of aromatic amines is 1. The zero-order chi connectivity index (χ0) is 21.3. The number of hydrogen-bond acceptors (Lipinski definition) is 4. The minimum atomic E-state index is -3.60. The Labute approximate surface area is 197 Å². The van der Waals surface area contributed by atoms with E-state index in [1.54, 1.807) is 61.3 Å². The van der Waals surface area contributed by atoms with E-state index in [1.807, 2.05) is 19.2 Å². The van der Waals surface area contributed by atoms with E-state index >= 15 is 0 Å². The summed E-state index contributed by atoms with van der Waals surface area (Å²) in [5.74, 6) is 0. The van der Waals surface area contributed by atoms with E-state index in [2.05, 4.69) is 46.8 Å². The highest BCUT2D eigenvalue weighted by Crippen LogP contribution is 2.26. The minimum absolute atomic E-state index is 0. The summed E-state index contributed by atoms with van der Waals surface area (Å²) in [7, 11) is -3.60. The van der Waals surface area contributed by atoms with Gasteiger partial charge in [0.15, 0.2) is 0 Å². The maximum atomic E-state index is 12.7. The Morgan fingerprint density at radius 1 is 0.871 bits per heavy atom. The van der Waals surface area contributed by atoms with Crippen molar-refractivity contribution in [2.24, 2.45) is 0 Å². The second-order valence-corrected chi connectivity index (χ2v) is 10.1. The molecule has 0 fully saturated rings. The van der Waals surface area contributed by atoms with Crippen LogP contribution in [-0.2, 0) is 10.0 Å². The summed E-state index contributed by atoms with van der Waals surface area (Å²) in [6.07, 6.45) is 10.2. The summed E-state index contributed by atoms with van der Waals surface area (Å²) in [5.41, 5.74) is 2.64. The van der Waals surface area contributed by atoms with Crippen LogP contribution in [0.2, 0.25) is 0 Å². The molecule has 0 bridgehead atoms. The number of aryl methyl sites for hydroxylation is 1. The van der Waals surface area contributed by atoms with E-state index in [0.717, 1.165) is 25.4 Å². The first-order valence-corrected chi connectivity index (χ1v) is 11.9. The molecule has 0 saturated heterocycles. The molecule has 1 N–H and O–H groups in total. The van der Waals surface area contributed by atoms with Gasteiger partial charge in [-0.05, 0) is 63.0 Å². The summed E-state index contributed by atoms with van der Waals surface area (Å²) in [6, 6.07) is 10.6. The molecule has 0 amide bonds. The molecule has 6 nitrogen and oxygen atoms in total. The van der Waals surface area contributed by atoms with Crippen molar-refractivity contribution < 1.29 is 8.42 Å². The fourth-order valence-electron chi connectivity index (χ4n) is 2.98. The summed E-state index contributed by atoms with van der Waals surface area (Å²) in [5, 5.41) is 1.99. The standard InChI is InChI=1S/C14H11BrN2O2S.C7H5BrN2.CH4/c1-10-2-4-11(5-3-10)20(18,19)17-7-6-12-13(15)8-16-9-14(12)17;8-6-3-9-4-7-5(6)1-2-10-7;/h2-9H,1H3;1-4,10H;1H4. The van der Waals surface area contributed by atoms with Crippen LogP contribution in [0.5, 0.6) is 0 Å². The van der Waals surface area contributed by atoms with Gasteiger partial charge in [-0.25, -0.2) is 12.4 Å². The van der Waals surface area contributed by atoms with Crippen LogP contribution in [0.15, 0.2) is 87.4 Å². The fourth-order valence-corrected chi connectivity index (χ4v) is 5.23.